The van der Waals surface area contributed by atoms with E-state index >= 15 is 0 Å². The number of carbonyl (C=O) groups is 4. The van der Waals surface area contributed by atoms with Crippen molar-refractivity contribution >= 4 is 41.9 Å². The molecule has 0 spiro atoms. The molecule has 0 fully saturated rings. The second kappa shape index (κ2) is 32.0. The Kier molecular flexibility index (Phi) is 28.6. The van der Waals surface area contributed by atoms with Crippen LogP contribution in [0.4, 0.5) is 0 Å². The summed E-state index contributed by atoms with van der Waals surface area (Å²) < 4.78 is 37.3. The van der Waals surface area contributed by atoms with E-state index in [2.05, 4.69) is 39.0 Å². The Hall–Kier alpha value is -4.05. The Morgan fingerprint density at radius 2 is 1.02 bits per heavy atom. The van der Waals surface area contributed by atoms with E-state index in [0.717, 1.165) is 0 Å². The van der Waals surface area contributed by atoms with Gasteiger partial charge >= 0.3 is 0 Å². The highest BCUT2D eigenvalue weighted by Crippen LogP contribution is 2.36. The van der Waals surface area contributed by atoms with Gasteiger partial charge in [-0.1, -0.05) is 41.7 Å². The average Bonchev–Trinajstić information content (AvgIpc) is 3.18. The summed E-state index contributed by atoms with van der Waals surface area (Å²) in [5, 5.41) is 11.3. The van der Waals surface area contributed by atoms with Crippen LogP contribution in [0.3, 0.4) is 0 Å². The summed E-state index contributed by atoms with van der Waals surface area (Å²) in [6.45, 7) is 1.35. The molecular formula is C39H56N4O12PS-. The molecule has 16 nitrogen and oxygen atoms in total. The van der Waals surface area contributed by atoms with Crippen molar-refractivity contribution in [3.8, 4) is 42.8 Å². The minimum Gasteiger partial charge on any atom is -0.792 e. The molecule has 0 aliphatic heterocycles. The summed E-state index contributed by atoms with van der Waals surface area (Å²) in [4.78, 5) is 65.6. The quantitative estimate of drug-likeness (QED) is 0.0426. The Morgan fingerprint density at radius 1 is 0.649 bits per heavy atom. The number of nitrogens with one attached hydrogen (secondary N) is 4. The molecule has 0 bridgehead atoms. The highest BCUT2D eigenvalue weighted by atomic mass is 32.5. The lowest BCUT2D eigenvalue weighted by Crippen LogP contribution is -2.50. The Morgan fingerprint density at radius 3 is 1.39 bits per heavy atom. The van der Waals surface area contributed by atoms with Gasteiger partial charge in [-0.25, -0.2) is 0 Å². The van der Waals surface area contributed by atoms with E-state index in [1.54, 1.807) is 12.1 Å². The Balaban J connectivity index is 3.15. The van der Waals surface area contributed by atoms with Crippen LogP contribution in [-0.2, 0) is 54.6 Å². The van der Waals surface area contributed by atoms with E-state index in [4.69, 9.17) is 64.0 Å². The van der Waals surface area contributed by atoms with E-state index in [0.29, 0.717) is 39.6 Å². The summed E-state index contributed by atoms with van der Waals surface area (Å²) in [6.07, 6.45) is 15.4. The summed E-state index contributed by atoms with van der Waals surface area (Å²) in [7, 11) is 0. The molecule has 1 aromatic rings. The molecule has 4 amide bonds. The maximum Gasteiger partial charge on any atom is 0.255 e. The zero-order valence-corrected chi connectivity index (χ0v) is 34.4. The molecule has 1 rings (SSSR count). The van der Waals surface area contributed by atoms with E-state index in [-0.39, 0.29) is 127 Å². The second-order valence-electron chi connectivity index (χ2n) is 12.3. The van der Waals surface area contributed by atoms with Crippen molar-refractivity contribution in [2.45, 2.75) is 44.1 Å². The van der Waals surface area contributed by atoms with Crippen molar-refractivity contribution < 1.29 is 57.0 Å². The van der Waals surface area contributed by atoms with Crippen molar-refractivity contribution in [3.63, 3.8) is 0 Å². The lowest BCUT2D eigenvalue weighted by atomic mass is 9.82. The summed E-state index contributed by atoms with van der Waals surface area (Å²) in [5.41, 5.74) is -1.23. The average molecular weight is 836 g/mol. The van der Waals surface area contributed by atoms with Crippen molar-refractivity contribution in [2.75, 3.05) is 106 Å². The fourth-order valence-electron chi connectivity index (χ4n) is 4.95. The third-order valence-corrected chi connectivity index (χ3v) is 8.40. The molecule has 0 saturated heterocycles. The van der Waals surface area contributed by atoms with Gasteiger partial charge in [-0.3, -0.25) is 19.2 Å². The van der Waals surface area contributed by atoms with Crippen molar-refractivity contribution in [2.24, 2.45) is 0 Å². The number of amides is 4. The molecule has 0 saturated carbocycles. The molecule has 0 aliphatic carbocycles. The van der Waals surface area contributed by atoms with Gasteiger partial charge in [0.2, 0.25) is 17.7 Å². The predicted octanol–water partition coefficient (Wildman–Crippen LogP) is 0.522. The molecule has 1 unspecified atom stereocenters. The van der Waals surface area contributed by atoms with Crippen LogP contribution >= 0.6 is 6.49 Å². The van der Waals surface area contributed by atoms with Crippen LogP contribution in [0, 0.1) is 37.0 Å². The van der Waals surface area contributed by atoms with Crippen molar-refractivity contribution in [3.05, 3.63) is 29.8 Å². The smallest absolute Gasteiger partial charge is 0.255 e. The van der Waals surface area contributed by atoms with E-state index in [9.17, 15) is 24.1 Å². The first-order chi connectivity index (χ1) is 27.4. The molecule has 1 aromatic carbocycles. The van der Waals surface area contributed by atoms with Gasteiger partial charge in [0.15, 0.2) is 0 Å². The van der Waals surface area contributed by atoms with Crippen LogP contribution < -0.4 is 30.7 Å². The first-order valence-electron chi connectivity index (χ1n) is 18.4. The number of ether oxygens (including phenoxy) is 6. The highest BCUT2D eigenvalue weighted by Gasteiger charge is 2.34. The van der Waals surface area contributed by atoms with Crippen molar-refractivity contribution in [1.29, 1.82) is 0 Å². The molecule has 18 heteroatoms. The molecular weight excluding hydrogens is 779 g/mol. The summed E-state index contributed by atoms with van der Waals surface area (Å²) >= 11 is 4.96. The van der Waals surface area contributed by atoms with E-state index in [1.165, 1.54) is 18.8 Å². The highest BCUT2D eigenvalue weighted by molar-refractivity contribution is 8.08. The monoisotopic (exact) mass is 835 g/mol. The fourth-order valence-corrected chi connectivity index (χ4v) is 5.71. The third kappa shape index (κ3) is 27.3. The number of carbonyl (C=O) groups excluding carboxylic acids is 4. The first kappa shape index (κ1) is 51.0. The Labute approximate surface area is 341 Å². The molecule has 0 aromatic heterocycles. The van der Waals surface area contributed by atoms with Gasteiger partial charge < -0.3 is 59.1 Å². The van der Waals surface area contributed by atoms with Crippen LogP contribution in [0.5, 0.6) is 5.75 Å². The summed E-state index contributed by atoms with van der Waals surface area (Å²) in [5.74, 6) is 5.40. The number of benzene rings is 1. The van der Waals surface area contributed by atoms with Crippen molar-refractivity contribution in [1.82, 2.24) is 21.3 Å². The number of para-hydroxylation sites is 1. The van der Waals surface area contributed by atoms with Gasteiger partial charge in [0.05, 0.1) is 65.0 Å². The fraction of sp³-hybridized carbons (Fsp3) is 0.590. The molecule has 0 radical (unpaired) electrons. The second-order valence-corrected chi connectivity index (χ2v) is 16.0. The van der Waals surface area contributed by atoms with Gasteiger partial charge in [0.1, 0.15) is 25.6 Å². The largest absolute Gasteiger partial charge is 0.792 e. The van der Waals surface area contributed by atoms with Gasteiger partial charge in [-0.2, -0.15) is 0 Å². The normalized spacial score (nSPS) is 11.9. The van der Waals surface area contributed by atoms with Gasteiger partial charge in [-0.05, 0) is 38.1 Å². The van der Waals surface area contributed by atoms with Gasteiger partial charge in [0.25, 0.3) is 5.91 Å². The van der Waals surface area contributed by atoms with Crippen LogP contribution in [0.2, 0.25) is 0 Å². The molecule has 0 aliphatic rings. The molecule has 4 N–H and O–H groups in total. The number of hydrogen-bond donors (Lipinski definition) is 4. The topological polar surface area (TPSA) is 204 Å². The Bertz CT molecular complexity index is 1410. The number of rotatable bonds is 34. The SMILES string of the molecule is C#CCOCCOCCNC(=O)CCC(CCC(=O)NCCOCCOCC#C)(CCC(=O)NCCOCCOCC#C)NC(=O)c1ccccc1OP(C)([O-])=S. The molecule has 0 heterocycles. The zero-order valence-electron chi connectivity index (χ0n) is 32.6. The zero-order chi connectivity index (χ0) is 42.0. The molecule has 316 valence electrons. The minimum atomic E-state index is -3.48. The van der Waals surface area contributed by atoms with E-state index < -0.39 is 17.9 Å². The number of hydrogen-bond acceptors (Lipinski definition) is 13. The summed E-state index contributed by atoms with van der Waals surface area (Å²) in [6, 6.07) is 6.13. The maximum absolute atomic E-state index is 14.0. The first-order valence-corrected chi connectivity index (χ1v) is 21.5. The number of terminal acetylenes is 3. The molecule has 1 atom stereocenters. The van der Waals surface area contributed by atoms with Crippen LogP contribution in [0.15, 0.2) is 24.3 Å². The van der Waals surface area contributed by atoms with Gasteiger partial charge in [0, 0.05) is 50.9 Å². The van der Waals surface area contributed by atoms with E-state index in [1.807, 2.05) is 0 Å². The van der Waals surface area contributed by atoms with Gasteiger partial charge in [-0.15, -0.1) is 19.3 Å². The van der Waals surface area contributed by atoms with Crippen LogP contribution in [0.25, 0.3) is 0 Å². The lowest BCUT2D eigenvalue weighted by molar-refractivity contribution is -0.173. The lowest BCUT2D eigenvalue weighted by Gasteiger charge is -2.35. The molecule has 57 heavy (non-hydrogen) atoms. The van der Waals surface area contributed by atoms with Crippen LogP contribution in [-0.4, -0.2) is 135 Å². The minimum absolute atomic E-state index is 0.00275. The predicted molar refractivity (Wildman–Crippen MR) is 216 cm³/mol. The van der Waals surface area contributed by atoms with Crippen LogP contribution in [0.1, 0.15) is 48.9 Å². The third-order valence-electron chi connectivity index (χ3n) is 7.64. The maximum atomic E-state index is 14.0. The standard InChI is InChI=1S/C39H57N4O12PS/c1-5-21-49-27-30-52-24-18-40-35(44)12-15-39(16-13-36(45)41-19-25-53-31-28-50-22-6-2,17-14-37(46)42-20-26-54-32-29-51-23-7-3)43-38(47)33-10-8-9-11-34(33)55-56(4,48)57/h1-3,8-11H,12-32H2,4H3,(H,40,44)(H,41,45)(H,42,46)(H,43,47)(H,48,57)/p-1.